The molecule has 2 nitrogen and oxygen atoms in total. The van der Waals surface area contributed by atoms with E-state index in [0.717, 1.165) is 47.3 Å². The van der Waals surface area contributed by atoms with Crippen LogP contribution in [0.15, 0.2) is 72.8 Å². The quantitative estimate of drug-likeness (QED) is 0.238. The first-order chi connectivity index (χ1) is 16.9. The van der Waals surface area contributed by atoms with Crippen LogP contribution in [0.2, 0.25) is 0 Å². The molecule has 2 heteroatoms. The van der Waals surface area contributed by atoms with Crippen LogP contribution in [0.5, 0.6) is 0 Å². The van der Waals surface area contributed by atoms with Crippen molar-refractivity contribution in [3.05, 3.63) is 83.9 Å². The predicted molar refractivity (Wildman–Crippen MR) is 148 cm³/mol. The maximum absolute atomic E-state index is 6.45. The predicted octanol–water partition coefficient (Wildman–Crippen LogP) is 9.84. The zero-order chi connectivity index (χ0) is 25.0. The van der Waals surface area contributed by atoms with Gasteiger partial charge >= 0.3 is 0 Å². The van der Waals surface area contributed by atoms with E-state index >= 15 is 0 Å². The van der Waals surface area contributed by atoms with Gasteiger partial charge in [-0.15, -0.1) is 0 Å². The summed E-state index contributed by atoms with van der Waals surface area (Å²) in [7, 11) is 0. The molecule has 0 aliphatic carbocycles. The third kappa shape index (κ3) is 9.24. The molecular formula is C33H48O2. The second-order valence-electron chi connectivity index (χ2n) is 11.3. The van der Waals surface area contributed by atoms with Crippen LogP contribution < -0.4 is 0 Å². The van der Waals surface area contributed by atoms with E-state index in [0.29, 0.717) is 0 Å². The van der Waals surface area contributed by atoms with E-state index in [1.165, 1.54) is 44.9 Å². The molecule has 0 aromatic heterocycles. The summed E-state index contributed by atoms with van der Waals surface area (Å²) >= 11 is 0. The maximum atomic E-state index is 6.45. The third-order valence-corrected chi connectivity index (χ3v) is 7.47. The van der Waals surface area contributed by atoms with Gasteiger partial charge < -0.3 is 9.47 Å². The number of benzene rings is 2. The van der Waals surface area contributed by atoms with Gasteiger partial charge in [0.15, 0.2) is 6.29 Å². The highest BCUT2D eigenvalue weighted by molar-refractivity contribution is 5.27. The molecule has 1 saturated heterocycles. The lowest BCUT2D eigenvalue weighted by Crippen LogP contribution is -2.11. The first-order valence-electron chi connectivity index (χ1n) is 14.0. The topological polar surface area (TPSA) is 18.5 Å². The summed E-state index contributed by atoms with van der Waals surface area (Å²) in [4.78, 5) is 0. The van der Waals surface area contributed by atoms with Crippen molar-refractivity contribution in [2.24, 2.45) is 17.8 Å². The Hall–Kier alpha value is -1.90. The zero-order valence-electron chi connectivity index (χ0n) is 22.6. The first-order valence-corrected chi connectivity index (χ1v) is 14.0. The maximum Gasteiger partial charge on any atom is 0.181 e. The van der Waals surface area contributed by atoms with E-state index in [1.54, 1.807) is 0 Å². The fraction of sp³-hybridized carbons (Fsp3) is 0.576. The van der Waals surface area contributed by atoms with E-state index in [2.05, 4.69) is 82.8 Å². The minimum absolute atomic E-state index is 0.109. The number of hydrogen-bond donors (Lipinski definition) is 0. The summed E-state index contributed by atoms with van der Waals surface area (Å²) in [5.41, 5.74) is 3.38. The smallest absolute Gasteiger partial charge is 0.181 e. The standard InChI is InChI=1S/C33H48O2/c1-25(2)15-12-16-26(3)17-13-18-27(4)19-14-20-28(5)33-34-31(29-21-8-6-9-22-29)32(35-33)30-23-10-7-11-24-30/h6-11,21-27,31-33H,5,12-20H2,1-4H3/t26?,27?,31-,32-/m1/s1. The van der Waals surface area contributed by atoms with Crippen molar-refractivity contribution < 1.29 is 9.47 Å². The lowest BCUT2D eigenvalue weighted by atomic mass is 9.91. The molecular weight excluding hydrogens is 428 g/mol. The van der Waals surface area contributed by atoms with Crippen LogP contribution in [0.1, 0.15) is 109 Å². The zero-order valence-corrected chi connectivity index (χ0v) is 22.6. The second kappa shape index (κ2) is 14.6. The van der Waals surface area contributed by atoms with Crippen LogP contribution >= 0.6 is 0 Å². The Kier molecular flexibility index (Phi) is 11.6. The lowest BCUT2D eigenvalue weighted by Gasteiger charge is -2.17. The van der Waals surface area contributed by atoms with E-state index in [9.17, 15) is 0 Å². The fourth-order valence-electron chi connectivity index (χ4n) is 5.20. The van der Waals surface area contributed by atoms with Crippen molar-refractivity contribution in [1.29, 1.82) is 0 Å². The van der Waals surface area contributed by atoms with Gasteiger partial charge in [-0.25, -0.2) is 0 Å². The van der Waals surface area contributed by atoms with Gasteiger partial charge in [0.25, 0.3) is 0 Å². The molecule has 0 radical (unpaired) electrons. The van der Waals surface area contributed by atoms with Gasteiger partial charge in [0.05, 0.1) is 0 Å². The lowest BCUT2D eigenvalue weighted by molar-refractivity contribution is -0.0399. The molecule has 2 aromatic rings. The summed E-state index contributed by atoms with van der Waals surface area (Å²) in [6.07, 6.45) is 11.0. The summed E-state index contributed by atoms with van der Waals surface area (Å²) in [5.74, 6) is 2.48. The molecule has 3 rings (SSSR count). The van der Waals surface area contributed by atoms with Gasteiger partial charge in [0.1, 0.15) is 12.2 Å². The summed E-state index contributed by atoms with van der Waals surface area (Å²) in [6, 6.07) is 20.9. The van der Waals surface area contributed by atoms with Gasteiger partial charge in [-0.3, -0.25) is 0 Å². The molecule has 192 valence electrons. The summed E-state index contributed by atoms with van der Waals surface area (Å²) < 4.78 is 12.9. The highest BCUT2D eigenvalue weighted by Gasteiger charge is 2.39. The van der Waals surface area contributed by atoms with Gasteiger partial charge in [-0.2, -0.15) is 0 Å². The first kappa shape index (κ1) is 27.7. The Bertz CT molecular complexity index is 796. The normalized spacial score (nSPS) is 20.3. The Labute approximate surface area is 215 Å². The summed E-state index contributed by atoms with van der Waals surface area (Å²) in [6.45, 7) is 13.9. The third-order valence-electron chi connectivity index (χ3n) is 7.47. The van der Waals surface area contributed by atoms with E-state index in [1.807, 2.05) is 12.1 Å². The van der Waals surface area contributed by atoms with Crippen LogP contribution in [-0.4, -0.2) is 6.29 Å². The number of ether oxygens (including phenoxy) is 2. The Morgan fingerprint density at radius 2 is 1.09 bits per heavy atom. The molecule has 2 aromatic carbocycles. The number of hydrogen-bond acceptors (Lipinski definition) is 2. The van der Waals surface area contributed by atoms with Crippen molar-refractivity contribution in [2.45, 2.75) is 104 Å². The fourth-order valence-corrected chi connectivity index (χ4v) is 5.20. The largest absolute Gasteiger partial charge is 0.338 e. The Morgan fingerprint density at radius 3 is 1.54 bits per heavy atom. The van der Waals surface area contributed by atoms with Crippen molar-refractivity contribution >= 4 is 0 Å². The average molecular weight is 477 g/mol. The molecule has 0 bridgehead atoms. The van der Waals surface area contributed by atoms with Crippen LogP contribution in [-0.2, 0) is 9.47 Å². The van der Waals surface area contributed by atoms with E-state index in [-0.39, 0.29) is 18.5 Å². The van der Waals surface area contributed by atoms with E-state index < -0.39 is 0 Å². The molecule has 1 heterocycles. The average Bonchev–Trinajstić information content (AvgIpc) is 3.31. The minimum atomic E-state index is -0.340. The Morgan fingerprint density at radius 1 is 0.657 bits per heavy atom. The van der Waals surface area contributed by atoms with Crippen molar-refractivity contribution in [3.63, 3.8) is 0 Å². The monoisotopic (exact) mass is 476 g/mol. The molecule has 35 heavy (non-hydrogen) atoms. The Balaban J connectivity index is 1.41. The van der Waals surface area contributed by atoms with Gasteiger partial charge in [-0.05, 0) is 47.3 Å². The number of rotatable bonds is 15. The SMILES string of the molecule is C=C(CCCC(C)CCCC(C)CCCC(C)C)C1O[C@H](c2ccccc2)[C@@H](c2ccccc2)O1. The van der Waals surface area contributed by atoms with Crippen LogP contribution in [0.4, 0.5) is 0 Å². The van der Waals surface area contributed by atoms with Crippen LogP contribution in [0.25, 0.3) is 0 Å². The minimum Gasteiger partial charge on any atom is -0.338 e. The molecule has 0 saturated carbocycles. The molecule has 4 atom stereocenters. The molecule has 0 spiro atoms. The molecule has 0 amide bonds. The van der Waals surface area contributed by atoms with Gasteiger partial charge in [0, 0.05) is 0 Å². The molecule has 2 unspecified atom stereocenters. The highest BCUT2D eigenvalue weighted by Crippen LogP contribution is 2.44. The molecule has 0 N–H and O–H groups in total. The second-order valence-corrected chi connectivity index (χ2v) is 11.3. The molecule has 1 aliphatic rings. The molecule has 1 fully saturated rings. The van der Waals surface area contributed by atoms with Crippen LogP contribution in [0, 0.1) is 17.8 Å². The van der Waals surface area contributed by atoms with Crippen molar-refractivity contribution in [3.8, 4) is 0 Å². The van der Waals surface area contributed by atoms with Crippen molar-refractivity contribution in [2.75, 3.05) is 0 Å². The highest BCUT2D eigenvalue weighted by atomic mass is 16.7. The van der Waals surface area contributed by atoms with E-state index in [4.69, 9.17) is 9.47 Å². The summed E-state index contributed by atoms with van der Waals surface area (Å²) in [5, 5.41) is 0. The molecule has 1 aliphatic heterocycles. The van der Waals surface area contributed by atoms with Crippen molar-refractivity contribution in [1.82, 2.24) is 0 Å². The van der Waals surface area contributed by atoms with Crippen LogP contribution in [0.3, 0.4) is 0 Å². The van der Waals surface area contributed by atoms with Gasteiger partial charge in [-0.1, -0.05) is 140 Å². The van der Waals surface area contributed by atoms with Gasteiger partial charge in [0.2, 0.25) is 0 Å².